The highest BCUT2D eigenvalue weighted by Crippen LogP contribution is 2.34. The second kappa shape index (κ2) is 5.38. The number of rotatable bonds is 4. The van der Waals surface area contributed by atoms with Crippen LogP contribution in [0.5, 0.6) is 0 Å². The van der Waals surface area contributed by atoms with Crippen LogP contribution in [0.4, 0.5) is 0 Å². The second-order valence-corrected chi connectivity index (χ2v) is 5.04. The van der Waals surface area contributed by atoms with Crippen LogP contribution in [0.25, 0.3) is 0 Å². The lowest BCUT2D eigenvalue weighted by Crippen LogP contribution is -2.37. The zero-order valence-corrected chi connectivity index (χ0v) is 11.0. The lowest BCUT2D eigenvalue weighted by molar-refractivity contribution is -0.148. The molecule has 1 amide bonds. The summed E-state index contributed by atoms with van der Waals surface area (Å²) in [5.41, 5.74) is 0.151. The van der Waals surface area contributed by atoms with Gasteiger partial charge in [0, 0.05) is 25.5 Å². The zero-order valence-electron chi connectivity index (χ0n) is 11.0. The quantitative estimate of drug-likeness (QED) is 0.888. The van der Waals surface area contributed by atoms with Crippen molar-refractivity contribution in [1.82, 2.24) is 9.88 Å². The SMILES string of the molecule is CCC1(C(=O)O)CCN(C(=O)Cc2ccncc2)C1. The van der Waals surface area contributed by atoms with Crippen molar-refractivity contribution in [2.45, 2.75) is 26.2 Å². The maximum atomic E-state index is 12.2. The number of amides is 1. The molecule has 1 unspecified atom stereocenters. The third-order valence-electron chi connectivity index (χ3n) is 3.94. The van der Waals surface area contributed by atoms with E-state index in [4.69, 9.17) is 0 Å². The first-order chi connectivity index (χ1) is 9.07. The van der Waals surface area contributed by atoms with Crippen molar-refractivity contribution in [2.75, 3.05) is 13.1 Å². The van der Waals surface area contributed by atoms with E-state index >= 15 is 0 Å². The van der Waals surface area contributed by atoms with Crippen LogP contribution in [0.3, 0.4) is 0 Å². The number of aromatic nitrogens is 1. The molecule has 102 valence electrons. The molecular weight excluding hydrogens is 244 g/mol. The number of carbonyl (C=O) groups is 2. The topological polar surface area (TPSA) is 70.5 Å². The molecule has 19 heavy (non-hydrogen) atoms. The van der Waals surface area contributed by atoms with E-state index in [9.17, 15) is 14.7 Å². The summed E-state index contributed by atoms with van der Waals surface area (Å²) >= 11 is 0. The molecule has 0 spiro atoms. The van der Waals surface area contributed by atoms with Crippen molar-refractivity contribution >= 4 is 11.9 Å². The molecule has 1 aliphatic heterocycles. The predicted molar refractivity (Wildman–Crippen MR) is 69.5 cm³/mol. The van der Waals surface area contributed by atoms with E-state index < -0.39 is 11.4 Å². The Hall–Kier alpha value is -1.91. The molecule has 2 rings (SSSR count). The molecule has 1 saturated heterocycles. The summed E-state index contributed by atoms with van der Waals surface area (Å²) < 4.78 is 0. The Morgan fingerprint density at radius 1 is 1.42 bits per heavy atom. The van der Waals surface area contributed by atoms with Crippen molar-refractivity contribution in [2.24, 2.45) is 5.41 Å². The van der Waals surface area contributed by atoms with Crippen molar-refractivity contribution < 1.29 is 14.7 Å². The Morgan fingerprint density at radius 2 is 2.11 bits per heavy atom. The molecular formula is C14H18N2O3. The van der Waals surface area contributed by atoms with Crippen molar-refractivity contribution in [1.29, 1.82) is 0 Å². The molecule has 1 atom stereocenters. The van der Waals surface area contributed by atoms with Gasteiger partial charge in [0.25, 0.3) is 0 Å². The van der Waals surface area contributed by atoms with Crippen molar-refractivity contribution in [3.05, 3.63) is 30.1 Å². The van der Waals surface area contributed by atoms with Gasteiger partial charge in [0.05, 0.1) is 11.8 Å². The Kier molecular flexibility index (Phi) is 3.83. The van der Waals surface area contributed by atoms with Gasteiger partial charge in [-0.15, -0.1) is 0 Å². The summed E-state index contributed by atoms with van der Waals surface area (Å²) in [6.07, 6.45) is 4.71. The van der Waals surface area contributed by atoms with E-state index in [0.717, 1.165) is 5.56 Å². The minimum atomic E-state index is -0.797. The van der Waals surface area contributed by atoms with Crippen LogP contribution in [-0.4, -0.2) is 40.0 Å². The number of carboxylic acid groups (broad SMARTS) is 1. The van der Waals surface area contributed by atoms with Gasteiger partial charge in [-0.3, -0.25) is 14.6 Å². The summed E-state index contributed by atoms with van der Waals surface area (Å²) in [5.74, 6) is -0.808. The van der Waals surface area contributed by atoms with Gasteiger partial charge in [-0.2, -0.15) is 0 Å². The Labute approximate surface area is 112 Å². The fraction of sp³-hybridized carbons (Fsp3) is 0.500. The highest BCUT2D eigenvalue weighted by Gasteiger charge is 2.44. The van der Waals surface area contributed by atoms with Gasteiger partial charge in [0.1, 0.15) is 0 Å². The number of likely N-dealkylation sites (tertiary alicyclic amines) is 1. The van der Waals surface area contributed by atoms with Gasteiger partial charge in [0.15, 0.2) is 0 Å². The average Bonchev–Trinajstić information content (AvgIpc) is 2.86. The minimum Gasteiger partial charge on any atom is -0.481 e. The monoisotopic (exact) mass is 262 g/mol. The molecule has 5 heteroatoms. The molecule has 0 aromatic carbocycles. The predicted octanol–water partition coefficient (Wildman–Crippen LogP) is 1.34. The average molecular weight is 262 g/mol. The standard InChI is InChI=1S/C14H18N2O3/c1-2-14(13(18)19)5-8-16(10-14)12(17)9-11-3-6-15-7-4-11/h3-4,6-7H,2,5,8-10H2,1H3,(H,18,19). The molecule has 1 aromatic heterocycles. The molecule has 1 fully saturated rings. The number of nitrogens with zero attached hydrogens (tertiary/aromatic N) is 2. The molecule has 0 aliphatic carbocycles. The first kappa shape index (κ1) is 13.5. The number of hydrogen-bond donors (Lipinski definition) is 1. The van der Waals surface area contributed by atoms with Gasteiger partial charge >= 0.3 is 5.97 Å². The molecule has 5 nitrogen and oxygen atoms in total. The molecule has 2 heterocycles. The van der Waals surface area contributed by atoms with Crippen LogP contribution in [0.2, 0.25) is 0 Å². The molecule has 1 aliphatic rings. The smallest absolute Gasteiger partial charge is 0.311 e. The molecule has 0 saturated carbocycles. The van der Waals surface area contributed by atoms with Crippen LogP contribution < -0.4 is 0 Å². The Balaban J connectivity index is 2.01. The summed E-state index contributed by atoms with van der Waals surface area (Å²) in [5, 5.41) is 9.31. The maximum Gasteiger partial charge on any atom is 0.311 e. The summed E-state index contributed by atoms with van der Waals surface area (Å²) in [4.78, 5) is 29.1. The van der Waals surface area contributed by atoms with E-state index in [1.165, 1.54) is 0 Å². The largest absolute Gasteiger partial charge is 0.481 e. The number of hydrogen-bond acceptors (Lipinski definition) is 3. The van der Waals surface area contributed by atoms with Gasteiger partial charge in [-0.1, -0.05) is 6.92 Å². The fourth-order valence-electron chi connectivity index (χ4n) is 2.49. The van der Waals surface area contributed by atoms with E-state index in [2.05, 4.69) is 4.98 Å². The van der Waals surface area contributed by atoms with Crippen molar-refractivity contribution in [3.8, 4) is 0 Å². The molecule has 1 aromatic rings. The second-order valence-electron chi connectivity index (χ2n) is 5.04. The van der Waals surface area contributed by atoms with Crippen LogP contribution in [0.1, 0.15) is 25.3 Å². The van der Waals surface area contributed by atoms with Crippen molar-refractivity contribution in [3.63, 3.8) is 0 Å². The van der Waals surface area contributed by atoms with Gasteiger partial charge < -0.3 is 10.0 Å². The third kappa shape index (κ3) is 2.75. The summed E-state index contributed by atoms with van der Waals surface area (Å²) in [7, 11) is 0. The Bertz CT molecular complexity index is 475. The van der Waals surface area contributed by atoms with Gasteiger partial charge in [0.2, 0.25) is 5.91 Å². The van der Waals surface area contributed by atoms with Crippen LogP contribution in [-0.2, 0) is 16.0 Å². The van der Waals surface area contributed by atoms with E-state index in [1.807, 2.05) is 6.92 Å². The van der Waals surface area contributed by atoms with Crippen LogP contribution in [0, 0.1) is 5.41 Å². The number of carboxylic acids is 1. The number of carbonyl (C=O) groups excluding carboxylic acids is 1. The number of pyridine rings is 1. The van der Waals surface area contributed by atoms with E-state index in [0.29, 0.717) is 32.4 Å². The Morgan fingerprint density at radius 3 is 2.63 bits per heavy atom. The number of aliphatic carboxylic acids is 1. The third-order valence-corrected chi connectivity index (χ3v) is 3.94. The molecule has 0 bridgehead atoms. The van der Waals surface area contributed by atoms with E-state index in [-0.39, 0.29) is 5.91 Å². The minimum absolute atomic E-state index is 0.0113. The highest BCUT2D eigenvalue weighted by atomic mass is 16.4. The molecule has 1 N–H and O–H groups in total. The fourth-order valence-corrected chi connectivity index (χ4v) is 2.49. The lowest BCUT2D eigenvalue weighted by Gasteiger charge is -2.23. The normalized spacial score (nSPS) is 22.5. The first-order valence-corrected chi connectivity index (χ1v) is 6.47. The lowest BCUT2D eigenvalue weighted by atomic mass is 9.84. The maximum absolute atomic E-state index is 12.2. The first-order valence-electron chi connectivity index (χ1n) is 6.47. The van der Waals surface area contributed by atoms with Crippen LogP contribution in [0.15, 0.2) is 24.5 Å². The summed E-state index contributed by atoms with van der Waals surface area (Å²) in [6, 6.07) is 3.61. The van der Waals surface area contributed by atoms with Gasteiger partial charge in [-0.25, -0.2) is 0 Å². The van der Waals surface area contributed by atoms with E-state index in [1.54, 1.807) is 29.4 Å². The van der Waals surface area contributed by atoms with Gasteiger partial charge in [-0.05, 0) is 30.5 Å². The zero-order chi connectivity index (χ0) is 13.9. The van der Waals surface area contributed by atoms with Crippen LogP contribution >= 0.6 is 0 Å². The molecule has 0 radical (unpaired) electrons. The highest BCUT2D eigenvalue weighted by molar-refractivity contribution is 5.82. The summed E-state index contributed by atoms with van der Waals surface area (Å²) in [6.45, 7) is 2.72.